The van der Waals surface area contributed by atoms with Crippen LogP contribution in [0.5, 0.6) is 0 Å². The Hall–Kier alpha value is -3.93. The van der Waals surface area contributed by atoms with E-state index in [1.165, 1.54) is 16.5 Å². The van der Waals surface area contributed by atoms with Gasteiger partial charge in [0.1, 0.15) is 0 Å². The van der Waals surface area contributed by atoms with Crippen molar-refractivity contribution >= 4 is 16.9 Å². The highest BCUT2D eigenvalue weighted by atomic mass is 15.3. The molecule has 0 aliphatic carbocycles. The van der Waals surface area contributed by atoms with Gasteiger partial charge in [-0.25, -0.2) is 14.6 Å². The van der Waals surface area contributed by atoms with Gasteiger partial charge in [-0.1, -0.05) is 24.3 Å². The van der Waals surface area contributed by atoms with E-state index in [-0.39, 0.29) is 5.95 Å². The minimum atomic E-state index is 0.288. The number of aromatic nitrogens is 5. The molecule has 0 radical (unpaired) electrons. The van der Waals surface area contributed by atoms with Gasteiger partial charge in [0.25, 0.3) is 0 Å². The number of fused-ring (bicyclic) bond motifs is 1. The van der Waals surface area contributed by atoms with E-state index in [0.29, 0.717) is 0 Å². The molecule has 6 nitrogen and oxygen atoms in total. The molecule has 0 aliphatic heterocycles. The summed E-state index contributed by atoms with van der Waals surface area (Å²) in [5.74, 6) is 0.288. The van der Waals surface area contributed by atoms with Crippen LogP contribution in [-0.4, -0.2) is 24.3 Å². The minimum Gasteiger partial charge on any atom is -0.368 e. The zero-order chi connectivity index (χ0) is 20.7. The van der Waals surface area contributed by atoms with E-state index >= 15 is 0 Å². The molecule has 0 bridgehead atoms. The first kappa shape index (κ1) is 18.1. The molecule has 6 heteroatoms. The zero-order valence-electron chi connectivity index (χ0n) is 16.9. The van der Waals surface area contributed by atoms with Crippen molar-refractivity contribution in [1.82, 2.24) is 24.3 Å². The maximum absolute atomic E-state index is 5.57. The summed E-state index contributed by atoms with van der Waals surface area (Å²) in [5.41, 5.74) is 13.3. The number of benzene rings is 2. The lowest BCUT2D eigenvalue weighted by Gasteiger charge is -2.09. The molecule has 3 aromatic heterocycles. The predicted molar refractivity (Wildman–Crippen MR) is 120 cm³/mol. The van der Waals surface area contributed by atoms with E-state index in [4.69, 9.17) is 5.73 Å². The second-order valence-corrected chi connectivity index (χ2v) is 7.55. The van der Waals surface area contributed by atoms with Crippen molar-refractivity contribution in [1.29, 1.82) is 0 Å². The van der Waals surface area contributed by atoms with Crippen molar-refractivity contribution in [3.63, 3.8) is 0 Å². The van der Waals surface area contributed by atoms with E-state index in [1.807, 2.05) is 11.6 Å². The summed E-state index contributed by atoms with van der Waals surface area (Å²) in [5, 5.41) is 5.80. The molecule has 3 heterocycles. The molecule has 0 saturated carbocycles. The fraction of sp³-hybridized carbons (Fsp3) is 0.125. The number of anilines is 1. The molecule has 2 aromatic carbocycles. The second kappa shape index (κ2) is 7.15. The highest BCUT2D eigenvalue weighted by Crippen LogP contribution is 2.23. The fourth-order valence-corrected chi connectivity index (χ4v) is 3.83. The van der Waals surface area contributed by atoms with E-state index in [2.05, 4.69) is 87.4 Å². The normalized spacial score (nSPS) is 11.3. The third-order valence-electron chi connectivity index (χ3n) is 5.32. The Bertz CT molecular complexity index is 1330. The van der Waals surface area contributed by atoms with Crippen LogP contribution in [0, 0.1) is 13.8 Å². The highest BCUT2D eigenvalue weighted by Gasteiger charge is 2.08. The topological polar surface area (TPSA) is 74.5 Å². The predicted octanol–water partition coefficient (Wildman–Crippen LogP) is 4.53. The third kappa shape index (κ3) is 3.33. The standard InChI is InChI=1S/C24H22N6/c1-16-11-17(2)30(28-16)22-7-8-23-20(12-22)9-10-29(23)15-18-3-5-19(6-4-18)21-13-26-24(25)27-14-21/h3-14H,15H2,1-2H3,(H2,25,26,27). The van der Waals surface area contributed by atoms with Gasteiger partial charge in [0.15, 0.2) is 0 Å². The maximum Gasteiger partial charge on any atom is 0.219 e. The number of nitrogens with two attached hydrogens (primary N) is 1. The molecule has 0 spiro atoms. The molecular weight excluding hydrogens is 372 g/mol. The van der Waals surface area contributed by atoms with Crippen LogP contribution in [0.4, 0.5) is 5.95 Å². The Balaban J connectivity index is 1.40. The van der Waals surface area contributed by atoms with Crippen LogP contribution in [0.25, 0.3) is 27.7 Å². The molecule has 0 saturated heterocycles. The number of nitrogens with zero attached hydrogens (tertiary/aromatic N) is 5. The molecule has 0 aliphatic rings. The average molecular weight is 394 g/mol. The van der Waals surface area contributed by atoms with Crippen molar-refractivity contribution in [2.75, 3.05) is 5.73 Å². The van der Waals surface area contributed by atoms with E-state index < -0.39 is 0 Å². The molecule has 148 valence electrons. The van der Waals surface area contributed by atoms with Gasteiger partial charge in [0, 0.05) is 47.3 Å². The Morgan fingerprint density at radius 3 is 2.33 bits per heavy atom. The van der Waals surface area contributed by atoms with Crippen LogP contribution < -0.4 is 5.73 Å². The first-order valence-electron chi connectivity index (χ1n) is 9.86. The monoisotopic (exact) mass is 394 g/mol. The Morgan fingerprint density at radius 1 is 0.867 bits per heavy atom. The molecular formula is C24H22N6. The number of nitrogen functional groups attached to an aromatic ring is 1. The van der Waals surface area contributed by atoms with Crippen molar-refractivity contribution in [3.8, 4) is 16.8 Å². The summed E-state index contributed by atoms with van der Waals surface area (Å²) in [4.78, 5) is 8.13. The van der Waals surface area contributed by atoms with Crippen molar-refractivity contribution in [2.45, 2.75) is 20.4 Å². The summed E-state index contributed by atoms with van der Waals surface area (Å²) in [6.07, 6.45) is 5.63. The molecule has 0 amide bonds. The van der Waals surface area contributed by atoms with Gasteiger partial charge >= 0.3 is 0 Å². The van der Waals surface area contributed by atoms with Crippen LogP contribution >= 0.6 is 0 Å². The Labute approximate surface area is 174 Å². The van der Waals surface area contributed by atoms with E-state index in [1.54, 1.807) is 12.4 Å². The van der Waals surface area contributed by atoms with Gasteiger partial charge in [0.05, 0.1) is 11.4 Å². The number of hydrogen-bond acceptors (Lipinski definition) is 4. The van der Waals surface area contributed by atoms with Gasteiger partial charge in [0.2, 0.25) is 5.95 Å². The van der Waals surface area contributed by atoms with Crippen LogP contribution in [0.15, 0.2) is 73.2 Å². The summed E-state index contributed by atoms with van der Waals surface area (Å²) in [7, 11) is 0. The van der Waals surface area contributed by atoms with Gasteiger partial charge in [-0.15, -0.1) is 0 Å². The lowest BCUT2D eigenvalue weighted by molar-refractivity contribution is 0.829. The number of aryl methyl sites for hydroxylation is 2. The molecule has 0 atom stereocenters. The van der Waals surface area contributed by atoms with Gasteiger partial charge < -0.3 is 10.3 Å². The van der Waals surface area contributed by atoms with E-state index in [9.17, 15) is 0 Å². The largest absolute Gasteiger partial charge is 0.368 e. The molecule has 30 heavy (non-hydrogen) atoms. The SMILES string of the molecule is Cc1cc(C)n(-c2ccc3c(ccn3Cc3ccc(-c4cnc(N)nc4)cc3)c2)n1. The van der Waals surface area contributed by atoms with Crippen molar-refractivity contribution < 1.29 is 0 Å². The van der Waals surface area contributed by atoms with Crippen LogP contribution in [0.1, 0.15) is 17.0 Å². The maximum atomic E-state index is 5.57. The summed E-state index contributed by atoms with van der Waals surface area (Å²) in [6.45, 7) is 4.90. The quantitative estimate of drug-likeness (QED) is 0.486. The fourth-order valence-electron chi connectivity index (χ4n) is 3.83. The first-order valence-corrected chi connectivity index (χ1v) is 9.86. The number of hydrogen-bond donors (Lipinski definition) is 1. The van der Waals surface area contributed by atoms with Gasteiger partial charge in [-0.3, -0.25) is 0 Å². The smallest absolute Gasteiger partial charge is 0.219 e. The van der Waals surface area contributed by atoms with Crippen molar-refractivity contribution in [3.05, 3.63) is 90.1 Å². The molecule has 2 N–H and O–H groups in total. The first-order chi connectivity index (χ1) is 14.6. The molecule has 5 rings (SSSR count). The average Bonchev–Trinajstić information content (AvgIpc) is 3.31. The number of rotatable bonds is 4. The third-order valence-corrected chi connectivity index (χ3v) is 5.32. The van der Waals surface area contributed by atoms with Gasteiger partial charge in [-0.05, 0) is 55.3 Å². The van der Waals surface area contributed by atoms with Crippen LogP contribution in [-0.2, 0) is 6.54 Å². The second-order valence-electron chi connectivity index (χ2n) is 7.55. The van der Waals surface area contributed by atoms with Gasteiger partial charge in [-0.2, -0.15) is 5.10 Å². The zero-order valence-corrected chi connectivity index (χ0v) is 16.9. The molecule has 0 fully saturated rings. The lowest BCUT2D eigenvalue weighted by Crippen LogP contribution is -2.00. The molecule has 5 aromatic rings. The molecule has 0 unspecified atom stereocenters. The Kier molecular flexibility index (Phi) is 4.32. The summed E-state index contributed by atoms with van der Waals surface area (Å²) in [6, 6.07) is 19.2. The summed E-state index contributed by atoms with van der Waals surface area (Å²) < 4.78 is 4.26. The Morgan fingerprint density at radius 2 is 1.63 bits per heavy atom. The highest BCUT2D eigenvalue weighted by molar-refractivity contribution is 5.82. The van der Waals surface area contributed by atoms with Crippen LogP contribution in [0.3, 0.4) is 0 Å². The van der Waals surface area contributed by atoms with E-state index in [0.717, 1.165) is 34.7 Å². The van der Waals surface area contributed by atoms with Crippen LogP contribution in [0.2, 0.25) is 0 Å². The summed E-state index contributed by atoms with van der Waals surface area (Å²) >= 11 is 0. The minimum absolute atomic E-state index is 0.288. The lowest BCUT2D eigenvalue weighted by atomic mass is 10.1. The van der Waals surface area contributed by atoms with Crippen molar-refractivity contribution in [2.24, 2.45) is 0 Å².